The molecular weight excluding hydrogens is 218 g/mol. The lowest BCUT2D eigenvalue weighted by Gasteiger charge is -2.37. The Kier molecular flexibility index (Phi) is 4.23. The minimum absolute atomic E-state index is 0.171. The number of hydrogen-bond donors (Lipinski definition) is 1. The van der Waals surface area contributed by atoms with Crippen molar-refractivity contribution in [1.29, 1.82) is 0 Å². The number of piperazine rings is 1. The van der Waals surface area contributed by atoms with Crippen LogP contribution in [-0.2, 0) is 4.74 Å². The summed E-state index contributed by atoms with van der Waals surface area (Å²) < 4.78 is 5.01. The van der Waals surface area contributed by atoms with E-state index in [0.29, 0.717) is 18.7 Å². The molecule has 0 aromatic rings. The zero-order valence-electron chi connectivity index (χ0n) is 10.6. The van der Waals surface area contributed by atoms with Gasteiger partial charge in [-0.2, -0.15) is 0 Å². The average molecular weight is 241 g/mol. The number of rotatable bonds is 2. The number of ether oxygens (including phenoxy) is 1. The summed E-state index contributed by atoms with van der Waals surface area (Å²) in [6.07, 6.45) is 3.29. The summed E-state index contributed by atoms with van der Waals surface area (Å²) in [7, 11) is 0. The highest BCUT2D eigenvalue weighted by atomic mass is 16.6. The molecule has 2 N–H and O–H groups in total. The molecule has 1 amide bonds. The second-order valence-corrected chi connectivity index (χ2v) is 4.95. The molecular formula is C12H23N3O2. The summed E-state index contributed by atoms with van der Waals surface area (Å²) in [6, 6.07) is 1.01. The van der Waals surface area contributed by atoms with Crippen molar-refractivity contribution < 1.29 is 9.53 Å². The third-order valence-electron chi connectivity index (χ3n) is 3.80. The third kappa shape index (κ3) is 3.10. The normalized spacial score (nSPS) is 30.6. The summed E-state index contributed by atoms with van der Waals surface area (Å²) in [5.41, 5.74) is 5.94. The molecule has 17 heavy (non-hydrogen) atoms. The summed E-state index contributed by atoms with van der Waals surface area (Å²) in [5.74, 6) is 0. The standard InChI is InChI=1S/C12H23N3O2/c1-2-17-12(16)15-7-5-14(6-8-15)11-4-3-10(13)9-11/h10-11H,2-9,13H2,1H3. The SMILES string of the molecule is CCOC(=O)N1CCN(C2CCC(N)C2)CC1. The van der Waals surface area contributed by atoms with E-state index in [1.165, 1.54) is 6.42 Å². The fourth-order valence-corrected chi connectivity index (χ4v) is 2.81. The first-order chi connectivity index (χ1) is 8.20. The van der Waals surface area contributed by atoms with Crippen molar-refractivity contribution in [2.75, 3.05) is 32.8 Å². The fourth-order valence-electron chi connectivity index (χ4n) is 2.81. The molecule has 2 unspecified atom stereocenters. The van der Waals surface area contributed by atoms with Crippen LogP contribution in [0.1, 0.15) is 26.2 Å². The topological polar surface area (TPSA) is 58.8 Å². The Morgan fingerprint density at radius 3 is 2.53 bits per heavy atom. The minimum Gasteiger partial charge on any atom is -0.450 e. The van der Waals surface area contributed by atoms with Crippen LogP contribution in [0.4, 0.5) is 4.79 Å². The van der Waals surface area contributed by atoms with Crippen LogP contribution in [0.15, 0.2) is 0 Å². The van der Waals surface area contributed by atoms with Crippen LogP contribution >= 0.6 is 0 Å². The monoisotopic (exact) mass is 241 g/mol. The van der Waals surface area contributed by atoms with Crippen LogP contribution in [-0.4, -0.2) is 60.8 Å². The van der Waals surface area contributed by atoms with Gasteiger partial charge in [0, 0.05) is 38.3 Å². The maximum absolute atomic E-state index is 11.5. The van der Waals surface area contributed by atoms with Crippen LogP contribution in [0.25, 0.3) is 0 Å². The summed E-state index contributed by atoms with van der Waals surface area (Å²) >= 11 is 0. The van der Waals surface area contributed by atoms with Gasteiger partial charge in [0.2, 0.25) is 0 Å². The molecule has 0 aromatic heterocycles. The van der Waals surface area contributed by atoms with Gasteiger partial charge in [0.05, 0.1) is 6.61 Å². The minimum atomic E-state index is -0.171. The van der Waals surface area contributed by atoms with E-state index in [9.17, 15) is 4.79 Å². The molecule has 5 nitrogen and oxygen atoms in total. The largest absolute Gasteiger partial charge is 0.450 e. The lowest BCUT2D eigenvalue weighted by atomic mass is 10.2. The van der Waals surface area contributed by atoms with Crippen LogP contribution < -0.4 is 5.73 Å². The first kappa shape index (κ1) is 12.6. The summed E-state index contributed by atoms with van der Waals surface area (Å²) in [6.45, 7) is 5.77. The molecule has 1 aliphatic carbocycles. The van der Waals surface area contributed by atoms with Gasteiger partial charge < -0.3 is 15.4 Å². The van der Waals surface area contributed by atoms with Crippen LogP contribution in [0.2, 0.25) is 0 Å². The molecule has 1 saturated carbocycles. The molecule has 2 rings (SSSR count). The molecule has 5 heteroatoms. The van der Waals surface area contributed by atoms with Crippen molar-refractivity contribution in [2.24, 2.45) is 5.73 Å². The number of carbonyl (C=O) groups excluding carboxylic acids is 1. The van der Waals surface area contributed by atoms with Gasteiger partial charge in [0.1, 0.15) is 0 Å². The van der Waals surface area contributed by atoms with Gasteiger partial charge in [0.25, 0.3) is 0 Å². The zero-order valence-corrected chi connectivity index (χ0v) is 10.6. The second-order valence-electron chi connectivity index (χ2n) is 4.95. The maximum atomic E-state index is 11.5. The molecule has 1 aliphatic heterocycles. The Morgan fingerprint density at radius 1 is 1.29 bits per heavy atom. The van der Waals surface area contributed by atoms with Crippen molar-refractivity contribution in [3.05, 3.63) is 0 Å². The van der Waals surface area contributed by atoms with Gasteiger partial charge in [-0.05, 0) is 26.2 Å². The van der Waals surface area contributed by atoms with E-state index in [1.807, 2.05) is 6.92 Å². The van der Waals surface area contributed by atoms with E-state index in [4.69, 9.17) is 10.5 Å². The number of carbonyl (C=O) groups is 1. The molecule has 0 spiro atoms. The Bertz CT molecular complexity index is 264. The fraction of sp³-hybridized carbons (Fsp3) is 0.917. The first-order valence-electron chi connectivity index (χ1n) is 6.62. The number of hydrogen-bond acceptors (Lipinski definition) is 4. The Hall–Kier alpha value is -0.810. The molecule has 2 fully saturated rings. The molecule has 0 aromatic carbocycles. The van der Waals surface area contributed by atoms with E-state index in [2.05, 4.69) is 4.90 Å². The van der Waals surface area contributed by atoms with Gasteiger partial charge in [-0.15, -0.1) is 0 Å². The molecule has 2 aliphatic rings. The van der Waals surface area contributed by atoms with Crippen LogP contribution in [0.3, 0.4) is 0 Å². The van der Waals surface area contributed by atoms with Gasteiger partial charge in [0.15, 0.2) is 0 Å². The second kappa shape index (κ2) is 5.69. The highest BCUT2D eigenvalue weighted by Crippen LogP contribution is 2.23. The van der Waals surface area contributed by atoms with Crippen molar-refractivity contribution in [2.45, 2.75) is 38.3 Å². The Balaban J connectivity index is 1.76. The average Bonchev–Trinajstić information content (AvgIpc) is 2.76. The smallest absolute Gasteiger partial charge is 0.409 e. The Morgan fingerprint density at radius 2 is 2.00 bits per heavy atom. The lowest BCUT2D eigenvalue weighted by Crippen LogP contribution is -2.51. The predicted molar refractivity (Wildman–Crippen MR) is 65.8 cm³/mol. The molecule has 98 valence electrons. The third-order valence-corrected chi connectivity index (χ3v) is 3.80. The number of amides is 1. The zero-order chi connectivity index (χ0) is 12.3. The van der Waals surface area contributed by atoms with Crippen molar-refractivity contribution in [3.63, 3.8) is 0 Å². The summed E-state index contributed by atoms with van der Waals surface area (Å²) in [4.78, 5) is 15.8. The number of nitrogens with zero attached hydrogens (tertiary/aromatic N) is 2. The molecule has 0 radical (unpaired) electrons. The van der Waals surface area contributed by atoms with Gasteiger partial charge in [-0.3, -0.25) is 4.90 Å². The highest BCUT2D eigenvalue weighted by Gasteiger charge is 2.30. The molecule has 2 atom stereocenters. The first-order valence-corrected chi connectivity index (χ1v) is 6.62. The molecule has 0 bridgehead atoms. The van der Waals surface area contributed by atoms with E-state index >= 15 is 0 Å². The highest BCUT2D eigenvalue weighted by molar-refractivity contribution is 5.67. The molecule has 1 heterocycles. The van der Waals surface area contributed by atoms with Gasteiger partial charge in [-0.25, -0.2) is 4.79 Å². The van der Waals surface area contributed by atoms with Crippen LogP contribution in [0, 0.1) is 0 Å². The van der Waals surface area contributed by atoms with Gasteiger partial charge >= 0.3 is 6.09 Å². The van der Waals surface area contributed by atoms with E-state index < -0.39 is 0 Å². The van der Waals surface area contributed by atoms with Crippen molar-refractivity contribution in [3.8, 4) is 0 Å². The van der Waals surface area contributed by atoms with Crippen LogP contribution in [0.5, 0.6) is 0 Å². The van der Waals surface area contributed by atoms with Crippen molar-refractivity contribution >= 4 is 6.09 Å². The van der Waals surface area contributed by atoms with E-state index in [-0.39, 0.29) is 6.09 Å². The predicted octanol–water partition coefficient (Wildman–Crippen LogP) is 0.640. The van der Waals surface area contributed by atoms with E-state index in [0.717, 1.165) is 39.0 Å². The number of nitrogens with two attached hydrogens (primary N) is 1. The summed E-state index contributed by atoms with van der Waals surface area (Å²) in [5, 5.41) is 0. The maximum Gasteiger partial charge on any atom is 0.409 e. The van der Waals surface area contributed by atoms with Crippen molar-refractivity contribution in [1.82, 2.24) is 9.80 Å². The van der Waals surface area contributed by atoms with E-state index in [1.54, 1.807) is 4.90 Å². The van der Waals surface area contributed by atoms with Gasteiger partial charge in [-0.1, -0.05) is 0 Å². The molecule has 1 saturated heterocycles. The lowest BCUT2D eigenvalue weighted by molar-refractivity contribution is 0.0667. The Labute approximate surface area is 103 Å². The quantitative estimate of drug-likeness (QED) is 0.771.